The highest BCUT2D eigenvalue weighted by molar-refractivity contribution is 5.92. The highest BCUT2D eigenvalue weighted by atomic mass is 16.2. The fourth-order valence-electron chi connectivity index (χ4n) is 1.31. The van der Waals surface area contributed by atoms with E-state index in [1.807, 2.05) is 6.07 Å². The molecule has 2 rings (SSSR count). The summed E-state index contributed by atoms with van der Waals surface area (Å²) in [6.45, 7) is 4.30. The van der Waals surface area contributed by atoms with E-state index in [2.05, 4.69) is 22.2 Å². The van der Waals surface area contributed by atoms with Crippen LogP contribution in [-0.2, 0) is 0 Å². The fourth-order valence-corrected chi connectivity index (χ4v) is 1.31. The molecule has 1 heterocycles. The monoisotopic (exact) mass is 217 g/mol. The zero-order valence-corrected chi connectivity index (χ0v) is 9.07. The zero-order chi connectivity index (χ0) is 11.4. The average Bonchev–Trinajstić information content (AvgIpc) is 3.11. The maximum absolute atomic E-state index is 11.6. The molecule has 1 saturated carbocycles. The van der Waals surface area contributed by atoms with Gasteiger partial charge in [-0.05, 0) is 25.0 Å². The first-order chi connectivity index (χ1) is 7.79. The van der Waals surface area contributed by atoms with Crippen molar-refractivity contribution in [2.24, 2.45) is 0 Å². The van der Waals surface area contributed by atoms with Crippen molar-refractivity contribution in [3.8, 4) is 0 Å². The first kappa shape index (κ1) is 10.7. The molecule has 4 heteroatoms. The van der Waals surface area contributed by atoms with Gasteiger partial charge in [0.25, 0.3) is 5.91 Å². The molecule has 0 aliphatic heterocycles. The van der Waals surface area contributed by atoms with Crippen molar-refractivity contribution in [3.05, 3.63) is 36.7 Å². The van der Waals surface area contributed by atoms with Crippen LogP contribution in [0.2, 0.25) is 0 Å². The minimum absolute atomic E-state index is 0.0854. The van der Waals surface area contributed by atoms with Crippen LogP contribution < -0.4 is 10.6 Å². The van der Waals surface area contributed by atoms with Gasteiger partial charge in [-0.2, -0.15) is 0 Å². The molecule has 1 aromatic heterocycles. The van der Waals surface area contributed by atoms with Gasteiger partial charge in [0, 0.05) is 12.6 Å². The van der Waals surface area contributed by atoms with Gasteiger partial charge in [0.1, 0.15) is 5.69 Å². The SMILES string of the molecule is C=CCNc1ccc(C(=O)NC2CC2)nc1. The van der Waals surface area contributed by atoms with E-state index in [9.17, 15) is 4.79 Å². The smallest absolute Gasteiger partial charge is 0.270 e. The number of amides is 1. The minimum Gasteiger partial charge on any atom is -0.380 e. The van der Waals surface area contributed by atoms with Gasteiger partial charge in [0.05, 0.1) is 11.9 Å². The summed E-state index contributed by atoms with van der Waals surface area (Å²) in [6.07, 6.45) is 5.61. The molecule has 0 saturated heterocycles. The summed E-state index contributed by atoms with van der Waals surface area (Å²) in [5.74, 6) is -0.0854. The summed E-state index contributed by atoms with van der Waals surface area (Å²) in [7, 11) is 0. The summed E-state index contributed by atoms with van der Waals surface area (Å²) < 4.78 is 0. The Balaban J connectivity index is 1.94. The largest absolute Gasteiger partial charge is 0.380 e. The van der Waals surface area contributed by atoms with E-state index in [1.165, 1.54) is 0 Å². The van der Waals surface area contributed by atoms with E-state index in [1.54, 1.807) is 18.3 Å². The van der Waals surface area contributed by atoms with E-state index in [-0.39, 0.29) is 5.91 Å². The van der Waals surface area contributed by atoms with Crippen molar-refractivity contribution in [2.45, 2.75) is 18.9 Å². The molecule has 4 nitrogen and oxygen atoms in total. The van der Waals surface area contributed by atoms with Crippen molar-refractivity contribution in [2.75, 3.05) is 11.9 Å². The highest BCUT2D eigenvalue weighted by Gasteiger charge is 2.24. The molecule has 1 aliphatic carbocycles. The van der Waals surface area contributed by atoms with E-state index < -0.39 is 0 Å². The highest BCUT2D eigenvalue weighted by Crippen LogP contribution is 2.19. The molecule has 0 aromatic carbocycles. The summed E-state index contributed by atoms with van der Waals surface area (Å²) in [6, 6.07) is 3.94. The van der Waals surface area contributed by atoms with Gasteiger partial charge in [-0.15, -0.1) is 6.58 Å². The van der Waals surface area contributed by atoms with Gasteiger partial charge in [0.15, 0.2) is 0 Å². The normalized spacial score (nSPS) is 14.2. The topological polar surface area (TPSA) is 54.0 Å². The molecule has 16 heavy (non-hydrogen) atoms. The van der Waals surface area contributed by atoms with Crippen molar-refractivity contribution in [1.82, 2.24) is 10.3 Å². The van der Waals surface area contributed by atoms with Crippen LogP contribution in [0.15, 0.2) is 31.0 Å². The molecule has 0 atom stereocenters. The second-order valence-electron chi connectivity index (χ2n) is 3.85. The third-order valence-electron chi connectivity index (χ3n) is 2.36. The van der Waals surface area contributed by atoms with Crippen LogP contribution in [0.3, 0.4) is 0 Å². The number of anilines is 1. The summed E-state index contributed by atoms with van der Waals surface area (Å²) in [5, 5.41) is 6.00. The molecule has 84 valence electrons. The first-order valence-corrected chi connectivity index (χ1v) is 5.41. The Labute approximate surface area is 94.8 Å². The van der Waals surface area contributed by atoms with Crippen LogP contribution in [0, 0.1) is 0 Å². The van der Waals surface area contributed by atoms with Gasteiger partial charge in [-0.1, -0.05) is 6.08 Å². The number of rotatable bonds is 5. The Kier molecular flexibility index (Phi) is 3.19. The van der Waals surface area contributed by atoms with Crippen molar-refractivity contribution in [1.29, 1.82) is 0 Å². The van der Waals surface area contributed by atoms with Crippen molar-refractivity contribution in [3.63, 3.8) is 0 Å². The molecular weight excluding hydrogens is 202 g/mol. The van der Waals surface area contributed by atoms with Crippen LogP contribution in [0.25, 0.3) is 0 Å². The Morgan fingerprint density at radius 3 is 2.94 bits per heavy atom. The number of aromatic nitrogens is 1. The Morgan fingerprint density at radius 2 is 2.38 bits per heavy atom. The van der Waals surface area contributed by atoms with Crippen LogP contribution >= 0.6 is 0 Å². The number of hydrogen-bond donors (Lipinski definition) is 2. The minimum atomic E-state index is -0.0854. The number of carbonyl (C=O) groups is 1. The van der Waals surface area contributed by atoms with Gasteiger partial charge in [-0.25, -0.2) is 4.98 Å². The predicted octanol–water partition coefficient (Wildman–Crippen LogP) is 1.57. The molecular formula is C12H15N3O. The fraction of sp³-hybridized carbons (Fsp3) is 0.333. The molecule has 2 N–H and O–H groups in total. The Hall–Kier alpha value is -1.84. The molecule has 0 unspecified atom stereocenters. The molecule has 1 aliphatic rings. The van der Waals surface area contributed by atoms with Crippen molar-refractivity contribution < 1.29 is 4.79 Å². The van der Waals surface area contributed by atoms with Gasteiger partial charge < -0.3 is 10.6 Å². The molecule has 0 radical (unpaired) electrons. The molecule has 1 aromatic rings. The predicted molar refractivity (Wildman–Crippen MR) is 63.4 cm³/mol. The number of pyridine rings is 1. The number of nitrogens with one attached hydrogen (secondary N) is 2. The van der Waals surface area contributed by atoms with Gasteiger partial charge >= 0.3 is 0 Å². The molecule has 0 bridgehead atoms. The zero-order valence-electron chi connectivity index (χ0n) is 9.07. The lowest BCUT2D eigenvalue weighted by molar-refractivity contribution is 0.0946. The lowest BCUT2D eigenvalue weighted by atomic mass is 10.3. The van der Waals surface area contributed by atoms with Crippen molar-refractivity contribution >= 4 is 11.6 Å². The number of carbonyl (C=O) groups excluding carboxylic acids is 1. The maximum atomic E-state index is 11.6. The van der Waals surface area contributed by atoms with E-state index in [0.29, 0.717) is 18.3 Å². The second-order valence-corrected chi connectivity index (χ2v) is 3.85. The van der Waals surface area contributed by atoms with E-state index in [4.69, 9.17) is 0 Å². The first-order valence-electron chi connectivity index (χ1n) is 5.41. The standard InChI is InChI=1S/C12H15N3O/c1-2-7-13-10-5-6-11(14-8-10)12(16)15-9-3-4-9/h2,5-6,8-9,13H,1,3-4,7H2,(H,15,16). The van der Waals surface area contributed by atoms with Gasteiger partial charge in [-0.3, -0.25) is 4.79 Å². The molecule has 1 fully saturated rings. The third-order valence-corrected chi connectivity index (χ3v) is 2.36. The molecule has 1 amide bonds. The van der Waals surface area contributed by atoms with Crippen LogP contribution in [0.4, 0.5) is 5.69 Å². The Morgan fingerprint density at radius 1 is 1.56 bits per heavy atom. The van der Waals surface area contributed by atoms with Crippen LogP contribution in [-0.4, -0.2) is 23.5 Å². The summed E-state index contributed by atoms with van der Waals surface area (Å²) >= 11 is 0. The quantitative estimate of drug-likeness (QED) is 0.736. The van der Waals surface area contributed by atoms with Gasteiger partial charge in [0.2, 0.25) is 0 Å². The lowest BCUT2D eigenvalue weighted by Gasteiger charge is -2.05. The Bertz CT molecular complexity index is 382. The number of nitrogens with zero attached hydrogens (tertiary/aromatic N) is 1. The number of hydrogen-bond acceptors (Lipinski definition) is 3. The maximum Gasteiger partial charge on any atom is 0.270 e. The lowest BCUT2D eigenvalue weighted by Crippen LogP contribution is -2.26. The van der Waals surface area contributed by atoms with E-state index in [0.717, 1.165) is 18.5 Å². The average molecular weight is 217 g/mol. The summed E-state index contributed by atoms with van der Waals surface area (Å²) in [5.41, 5.74) is 1.36. The second kappa shape index (κ2) is 4.79. The molecule has 0 spiro atoms. The third kappa shape index (κ3) is 2.82. The van der Waals surface area contributed by atoms with Crippen LogP contribution in [0.5, 0.6) is 0 Å². The van der Waals surface area contributed by atoms with Crippen LogP contribution in [0.1, 0.15) is 23.3 Å². The van der Waals surface area contributed by atoms with E-state index >= 15 is 0 Å². The summed E-state index contributed by atoms with van der Waals surface area (Å²) in [4.78, 5) is 15.7.